The van der Waals surface area contributed by atoms with E-state index in [0.717, 1.165) is 5.75 Å². The van der Waals surface area contributed by atoms with Gasteiger partial charge in [0.15, 0.2) is 0 Å². The molecular weight excluding hydrogens is 200 g/mol. The van der Waals surface area contributed by atoms with Crippen molar-refractivity contribution in [2.24, 2.45) is 0 Å². The maximum absolute atomic E-state index is 4.13. The summed E-state index contributed by atoms with van der Waals surface area (Å²) in [4.78, 5) is 0. The molecule has 0 unspecified atom stereocenters. The summed E-state index contributed by atoms with van der Waals surface area (Å²) < 4.78 is 0. The fourth-order valence-corrected chi connectivity index (χ4v) is 2.39. The Bertz CT molecular complexity index is 49.7. The van der Waals surface area contributed by atoms with Crippen LogP contribution in [0.15, 0.2) is 0 Å². The van der Waals surface area contributed by atoms with Crippen molar-refractivity contribution in [1.29, 1.82) is 0 Å². The van der Waals surface area contributed by atoms with Crippen LogP contribution in [0.4, 0.5) is 0 Å². The molecule has 0 aliphatic carbocycles. The third kappa shape index (κ3) is 9.40. The first kappa shape index (κ1) is 11.4. The lowest BCUT2D eigenvalue weighted by atomic mass is 10.4. The Hall–Kier alpha value is 1.40. The maximum atomic E-state index is 4.13. The quantitative estimate of drug-likeness (QED) is 0.380. The van der Waals surface area contributed by atoms with Crippen LogP contribution in [0.1, 0.15) is 12.8 Å². The van der Waals surface area contributed by atoms with Gasteiger partial charge in [-0.05, 0) is 24.3 Å². The Morgan fingerprint density at radius 2 is 1.70 bits per heavy atom. The van der Waals surface area contributed by atoms with E-state index in [0.29, 0.717) is 0 Å². The summed E-state index contributed by atoms with van der Waals surface area (Å²) >= 11 is 10.2. The van der Waals surface area contributed by atoms with E-state index in [2.05, 4.69) is 24.3 Å². The third-order valence-corrected chi connectivity index (χ3v) is 3.63. The average Bonchev–Trinajstić information content (AvgIpc) is 1.97. The molecule has 0 fully saturated rings. The molecule has 0 radical (unpaired) electrons. The highest BCUT2D eigenvalue weighted by Gasteiger charge is 1.88. The van der Waals surface area contributed by atoms with Gasteiger partial charge in [0, 0.05) is 11.5 Å². The van der Waals surface area contributed by atoms with Gasteiger partial charge in [-0.15, -0.1) is 11.7 Å². The van der Waals surface area contributed by atoms with Gasteiger partial charge in [-0.3, -0.25) is 0 Å². The second-order valence-corrected chi connectivity index (χ2v) is 4.99. The first-order chi connectivity index (χ1) is 4.91. The van der Waals surface area contributed by atoms with Crippen molar-refractivity contribution in [2.75, 3.05) is 23.0 Å². The van der Waals surface area contributed by atoms with E-state index in [-0.39, 0.29) is 0 Å². The van der Waals surface area contributed by atoms with E-state index in [9.17, 15) is 0 Å². The van der Waals surface area contributed by atoms with E-state index in [1.807, 2.05) is 11.8 Å². The summed E-state index contributed by atoms with van der Waals surface area (Å²) in [5, 5.41) is 0. The minimum Gasteiger partial charge on any atom is -0.179 e. The van der Waals surface area contributed by atoms with Crippen molar-refractivity contribution < 1.29 is 0 Å². The summed E-state index contributed by atoms with van der Waals surface area (Å²) in [5.41, 5.74) is 0. The Balaban J connectivity index is 2.65. The van der Waals surface area contributed by atoms with Crippen molar-refractivity contribution in [3.8, 4) is 0 Å². The molecule has 0 aliphatic heterocycles. The minimum absolute atomic E-state index is 1.01. The second-order valence-electron chi connectivity index (χ2n) is 1.88. The van der Waals surface area contributed by atoms with E-state index in [1.165, 1.54) is 30.1 Å². The maximum Gasteiger partial charge on any atom is 0.00347 e. The lowest BCUT2D eigenvalue weighted by molar-refractivity contribution is 0.909. The summed E-state index contributed by atoms with van der Waals surface area (Å²) in [6, 6.07) is 0. The van der Waals surface area contributed by atoms with Crippen LogP contribution in [0.2, 0.25) is 0 Å². The fraction of sp³-hybridized carbons (Fsp3) is 1.00. The van der Waals surface area contributed by atoms with Crippen molar-refractivity contribution in [3.05, 3.63) is 0 Å². The molecule has 0 aromatic heterocycles. The first-order valence-electron chi connectivity index (χ1n) is 3.36. The molecule has 0 spiro atoms. The molecule has 0 nitrogen and oxygen atoms in total. The smallest absolute Gasteiger partial charge is 0.00347 e. The van der Waals surface area contributed by atoms with Gasteiger partial charge < -0.3 is 0 Å². The third-order valence-electron chi connectivity index (χ3n) is 1.01. The van der Waals surface area contributed by atoms with Crippen LogP contribution in [-0.2, 0) is 0 Å². The van der Waals surface area contributed by atoms with E-state index in [4.69, 9.17) is 0 Å². The molecule has 0 saturated heterocycles. The monoisotopic (exact) mass is 214 g/mol. The van der Waals surface area contributed by atoms with Crippen molar-refractivity contribution >= 4 is 46.8 Å². The average molecular weight is 214 g/mol. The zero-order valence-electron chi connectivity index (χ0n) is 5.95. The van der Waals surface area contributed by atoms with Gasteiger partial charge in [0.05, 0.1) is 0 Å². The summed E-state index contributed by atoms with van der Waals surface area (Å²) in [6.45, 7) is 0. The fourth-order valence-electron chi connectivity index (χ4n) is 0.537. The molecule has 4 heteroatoms. The molecule has 0 atom stereocenters. The van der Waals surface area contributed by atoms with Crippen LogP contribution in [0.5, 0.6) is 0 Å². The van der Waals surface area contributed by atoms with Crippen molar-refractivity contribution in [1.82, 2.24) is 0 Å². The number of hydrogen-bond acceptors (Lipinski definition) is 4. The van der Waals surface area contributed by atoms with Crippen LogP contribution < -0.4 is 0 Å². The van der Waals surface area contributed by atoms with Gasteiger partial charge in [-0.2, -0.15) is 24.4 Å². The highest BCUT2D eigenvalue weighted by Crippen LogP contribution is 2.10. The Morgan fingerprint density at radius 1 is 1.00 bits per heavy atom. The predicted molar refractivity (Wildman–Crippen MR) is 61.9 cm³/mol. The zero-order chi connectivity index (χ0) is 7.66. The van der Waals surface area contributed by atoms with Gasteiger partial charge in [-0.1, -0.05) is 10.8 Å². The van der Waals surface area contributed by atoms with Gasteiger partial charge in [-0.25, -0.2) is 0 Å². The number of hydrogen-bond donors (Lipinski definition) is 2. The first-order valence-corrected chi connectivity index (χ1v) is 7.19. The van der Waals surface area contributed by atoms with Crippen LogP contribution in [0.3, 0.4) is 0 Å². The van der Waals surface area contributed by atoms with Crippen LogP contribution in [-0.4, -0.2) is 23.0 Å². The topological polar surface area (TPSA) is 0 Å². The molecule has 0 heterocycles. The Morgan fingerprint density at radius 3 is 2.30 bits per heavy atom. The Labute approximate surface area is 82.5 Å². The number of thioether (sulfide) groups is 1. The van der Waals surface area contributed by atoms with E-state index >= 15 is 0 Å². The van der Waals surface area contributed by atoms with Crippen LogP contribution >= 0.6 is 46.8 Å². The number of thiol groups is 2. The number of unbranched alkanes of at least 4 members (excludes halogenated alkanes) is 1. The lowest BCUT2D eigenvalue weighted by Crippen LogP contribution is -1.85. The number of rotatable bonds is 7. The molecule has 0 amide bonds. The molecule has 0 bridgehead atoms. The highest BCUT2D eigenvalue weighted by molar-refractivity contribution is 8.68. The van der Waals surface area contributed by atoms with Gasteiger partial charge in [0.1, 0.15) is 0 Å². The van der Waals surface area contributed by atoms with Gasteiger partial charge in [0.2, 0.25) is 0 Å². The highest BCUT2D eigenvalue weighted by atomic mass is 33.1. The molecule has 10 heavy (non-hydrogen) atoms. The van der Waals surface area contributed by atoms with Crippen molar-refractivity contribution in [3.63, 3.8) is 0 Å². The Kier molecular flexibility index (Phi) is 11.9. The molecule has 0 N–H and O–H groups in total. The molecular formula is C6H14S4. The standard InChI is InChI=1S/C6H14S4/c7-3-6-9-4-1-2-5-10-8/h7-8H,1-6H2. The SMILES string of the molecule is SCCSCCCCSS. The molecule has 0 aliphatic rings. The minimum atomic E-state index is 1.01. The largest absolute Gasteiger partial charge is 0.179 e. The lowest BCUT2D eigenvalue weighted by Gasteiger charge is -1.97. The van der Waals surface area contributed by atoms with E-state index in [1.54, 1.807) is 10.8 Å². The molecule has 62 valence electrons. The van der Waals surface area contributed by atoms with Crippen LogP contribution in [0.25, 0.3) is 0 Å². The van der Waals surface area contributed by atoms with E-state index < -0.39 is 0 Å². The molecule has 0 aromatic carbocycles. The zero-order valence-corrected chi connectivity index (χ0v) is 9.38. The van der Waals surface area contributed by atoms with Crippen LogP contribution in [0, 0.1) is 0 Å². The summed E-state index contributed by atoms with van der Waals surface area (Å²) in [7, 11) is 1.64. The molecule has 0 aromatic rings. The molecule has 0 saturated carbocycles. The summed E-state index contributed by atoms with van der Waals surface area (Å²) in [5.74, 6) is 4.67. The van der Waals surface area contributed by atoms with Gasteiger partial charge >= 0.3 is 0 Å². The summed E-state index contributed by atoms with van der Waals surface area (Å²) in [6.07, 6.45) is 2.62. The molecule has 0 rings (SSSR count). The van der Waals surface area contributed by atoms with Crippen molar-refractivity contribution in [2.45, 2.75) is 12.8 Å². The predicted octanol–water partition coefficient (Wildman–Crippen LogP) is 3.01. The van der Waals surface area contributed by atoms with Gasteiger partial charge in [0.25, 0.3) is 0 Å². The normalized spacial score (nSPS) is 10.2. The second kappa shape index (κ2) is 10.4.